The minimum Gasteiger partial charge on any atom is -0.332 e. The summed E-state index contributed by atoms with van der Waals surface area (Å²) in [6.07, 6.45) is 6.07. The quantitative estimate of drug-likeness (QED) is 0.789. The van der Waals surface area contributed by atoms with Crippen LogP contribution in [0.4, 0.5) is 0 Å². The second kappa shape index (κ2) is 4.13. The summed E-state index contributed by atoms with van der Waals surface area (Å²) in [4.78, 5) is 4.63. The van der Waals surface area contributed by atoms with E-state index in [0.717, 1.165) is 19.5 Å². The Kier molecular flexibility index (Phi) is 2.87. The number of rotatable bonds is 3. The summed E-state index contributed by atoms with van der Waals surface area (Å²) < 4.78 is 2.36. The van der Waals surface area contributed by atoms with E-state index in [0.29, 0.717) is 0 Å². The van der Waals surface area contributed by atoms with E-state index in [4.69, 9.17) is 5.73 Å². The Morgan fingerprint density at radius 3 is 2.93 bits per heavy atom. The first-order valence-electron chi connectivity index (χ1n) is 5.58. The maximum Gasteiger partial charge on any atom is 0.106 e. The van der Waals surface area contributed by atoms with Crippen LogP contribution < -0.4 is 5.73 Å². The summed E-state index contributed by atoms with van der Waals surface area (Å²) in [5, 5.41) is 0. The van der Waals surface area contributed by atoms with Gasteiger partial charge in [-0.1, -0.05) is 0 Å². The van der Waals surface area contributed by atoms with E-state index in [1.165, 1.54) is 42.9 Å². The van der Waals surface area contributed by atoms with Crippen molar-refractivity contribution in [3.05, 3.63) is 17.2 Å². The Morgan fingerprint density at radius 1 is 1.36 bits per heavy atom. The average Bonchev–Trinajstić information content (AvgIpc) is 2.51. The van der Waals surface area contributed by atoms with Crippen LogP contribution in [0.15, 0.2) is 0 Å². The van der Waals surface area contributed by atoms with E-state index < -0.39 is 0 Å². The Bertz CT molecular complexity index is 315. The number of hydrogen-bond acceptors (Lipinski definition) is 2. The Morgan fingerprint density at radius 2 is 2.14 bits per heavy atom. The highest BCUT2D eigenvalue weighted by Gasteiger charge is 2.17. The van der Waals surface area contributed by atoms with Crippen LogP contribution in [-0.4, -0.2) is 16.1 Å². The molecule has 1 aromatic rings. The van der Waals surface area contributed by atoms with E-state index in [9.17, 15) is 0 Å². The van der Waals surface area contributed by atoms with Gasteiger partial charge in [0.15, 0.2) is 0 Å². The summed E-state index contributed by atoms with van der Waals surface area (Å²) in [5.74, 6) is 1.17. The number of hydrogen-bond donors (Lipinski definition) is 1. The molecule has 0 aromatic carbocycles. The predicted molar refractivity (Wildman–Crippen MR) is 57.3 cm³/mol. The predicted octanol–water partition coefficient (Wildman–Crippen LogP) is 1.42. The zero-order valence-corrected chi connectivity index (χ0v) is 8.92. The lowest BCUT2D eigenvalue weighted by molar-refractivity contribution is 0.577. The molecular weight excluding hydrogens is 174 g/mol. The van der Waals surface area contributed by atoms with Crippen LogP contribution >= 0.6 is 0 Å². The topological polar surface area (TPSA) is 43.8 Å². The molecule has 0 saturated carbocycles. The third-order valence-electron chi connectivity index (χ3n) is 3.01. The summed E-state index contributed by atoms with van der Waals surface area (Å²) in [5.41, 5.74) is 8.35. The second-order valence-electron chi connectivity index (χ2n) is 4.05. The van der Waals surface area contributed by atoms with Crippen molar-refractivity contribution < 1.29 is 0 Å². The standard InChI is InChI=1S/C11H19N3/c1-9-13-10-5-2-3-6-11(10)14(9)8-4-7-12/h2-8,12H2,1H3. The maximum atomic E-state index is 5.54. The lowest BCUT2D eigenvalue weighted by atomic mass is 10.0. The highest BCUT2D eigenvalue weighted by Crippen LogP contribution is 2.22. The molecule has 0 saturated heterocycles. The van der Waals surface area contributed by atoms with Gasteiger partial charge >= 0.3 is 0 Å². The Hall–Kier alpha value is -0.830. The van der Waals surface area contributed by atoms with Gasteiger partial charge in [-0.3, -0.25) is 0 Å². The summed E-state index contributed by atoms with van der Waals surface area (Å²) in [7, 11) is 0. The third-order valence-corrected chi connectivity index (χ3v) is 3.01. The molecule has 2 rings (SSSR count). The zero-order chi connectivity index (χ0) is 9.97. The van der Waals surface area contributed by atoms with Crippen molar-refractivity contribution in [1.82, 2.24) is 9.55 Å². The van der Waals surface area contributed by atoms with Crippen molar-refractivity contribution >= 4 is 0 Å². The van der Waals surface area contributed by atoms with Gasteiger partial charge in [0.25, 0.3) is 0 Å². The highest BCUT2D eigenvalue weighted by molar-refractivity contribution is 5.19. The molecule has 0 unspecified atom stereocenters. The Labute approximate surface area is 85.3 Å². The molecule has 2 N–H and O–H groups in total. The van der Waals surface area contributed by atoms with Gasteiger partial charge in [0.1, 0.15) is 5.82 Å². The largest absolute Gasteiger partial charge is 0.332 e. The fourth-order valence-electron chi connectivity index (χ4n) is 2.28. The smallest absolute Gasteiger partial charge is 0.106 e. The molecule has 0 atom stereocenters. The van der Waals surface area contributed by atoms with Gasteiger partial charge in [-0.15, -0.1) is 0 Å². The lowest BCUT2D eigenvalue weighted by Crippen LogP contribution is -2.12. The van der Waals surface area contributed by atoms with Gasteiger partial charge in [0.2, 0.25) is 0 Å². The van der Waals surface area contributed by atoms with Crippen molar-refractivity contribution in [1.29, 1.82) is 0 Å². The van der Waals surface area contributed by atoms with E-state index in [2.05, 4.69) is 16.5 Å². The van der Waals surface area contributed by atoms with Crippen molar-refractivity contribution in [2.24, 2.45) is 5.73 Å². The number of nitrogens with zero attached hydrogens (tertiary/aromatic N) is 2. The van der Waals surface area contributed by atoms with Gasteiger partial charge in [0, 0.05) is 12.2 Å². The van der Waals surface area contributed by atoms with Gasteiger partial charge < -0.3 is 10.3 Å². The summed E-state index contributed by atoms with van der Waals surface area (Å²) in [6.45, 7) is 3.92. The molecule has 1 aliphatic rings. The highest BCUT2D eigenvalue weighted by atomic mass is 15.1. The fourth-order valence-corrected chi connectivity index (χ4v) is 2.28. The first-order valence-corrected chi connectivity index (χ1v) is 5.58. The minimum absolute atomic E-state index is 0.770. The minimum atomic E-state index is 0.770. The Balaban J connectivity index is 2.24. The molecular formula is C11H19N3. The molecule has 14 heavy (non-hydrogen) atoms. The average molecular weight is 193 g/mol. The molecule has 0 bridgehead atoms. The number of aromatic nitrogens is 2. The summed E-state index contributed by atoms with van der Waals surface area (Å²) >= 11 is 0. The first-order chi connectivity index (χ1) is 6.83. The van der Waals surface area contributed by atoms with E-state index in [1.54, 1.807) is 0 Å². The van der Waals surface area contributed by atoms with Crippen LogP contribution in [0.1, 0.15) is 36.5 Å². The molecule has 1 aliphatic carbocycles. The van der Waals surface area contributed by atoms with Gasteiger partial charge in [-0.2, -0.15) is 0 Å². The van der Waals surface area contributed by atoms with Crippen LogP contribution in [-0.2, 0) is 19.4 Å². The first kappa shape index (κ1) is 9.71. The van der Waals surface area contributed by atoms with Crippen molar-refractivity contribution in [2.75, 3.05) is 6.54 Å². The van der Waals surface area contributed by atoms with Gasteiger partial charge in [-0.25, -0.2) is 4.98 Å². The van der Waals surface area contributed by atoms with Crippen LogP contribution in [0, 0.1) is 6.92 Å². The van der Waals surface area contributed by atoms with Crippen LogP contribution in [0.3, 0.4) is 0 Å². The third kappa shape index (κ3) is 1.69. The normalized spacial score (nSPS) is 15.6. The molecule has 3 heteroatoms. The van der Waals surface area contributed by atoms with Crippen LogP contribution in [0.2, 0.25) is 0 Å². The summed E-state index contributed by atoms with van der Waals surface area (Å²) in [6, 6.07) is 0. The fraction of sp³-hybridized carbons (Fsp3) is 0.727. The van der Waals surface area contributed by atoms with Gasteiger partial charge in [-0.05, 0) is 45.6 Å². The molecule has 1 heterocycles. The monoisotopic (exact) mass is 193 g/mol. The van der Waals surface area contributed by atoms with Crippen molar-refractivity contribution in [2.45, 2.75) is 45.6 Å². The number of imidazole rings is 1. The molecule has 1 aromatic heterocycles. The maximum absolute atomic E-state index is 5.54. The van der Waals surface area contributed by atoms with E-state index in [1.807, 2.05) is 0 Å². The molecule has 0 fully saturated rings. The SMILES string of the molecule is Cc1nc2c(n1CCCN)CCCC2. The van der Waals surface area contributed by atoms with E-state index in [-0.39, 0.29) is 0 Å². The number of nitrogens with two attached hydrogens (primary N) is 1. The van der Waals surface area contributed by atoms with Crippen LogP contribution in [0.5, 0.6) is 0 Å². The molecule has 0 spiro atoms. The zero-order valence-electron chi connectivity index (χ0n) is 8.92. The molecule has 78 valence electrons. The molecule has 3 nitrogen and oxygen atoms in total. The molecule has 0 radical (unpaired) electrons. The lowest BCUT2D eigenvalue weighted by Gasteiger charge is -2.14. The molecule has 0 aliphatic heterocycles. The number of aryl methyl sites for hydroxylation is 2. The molecule has 0 amide bonds. The second-order valence-corrected chi connectivity index (χ2v) is 4.05. The van der Waals surface area contributed by atoms with E-state index >= 15 is 0 Å². The van der Waals surface area contributed by atoms with Crippen molar-refractivity contribution in [3.63, 3.8) is 0 Å². The number of fused-ring (bicyclic) bond motifs is 1. The van der Waals surface area contributed by atoms with Crippen molar-refractivity contribution in [3.8, 4) is 0 Å². The van der Waals surface area contributed by atoms with Gasteiger partial charge in [0.05, 0.1) is 5.69 Å². The van der Waals surface area contributed by atoms with Crippen LogP contribution in [0.25, 0.3) is 0 Å².